The van der Waals surface area contributed by atoms with Crippen LogP contribution in [0.25, 0.3) is 6.08 Å². The van der Waals surface area contributed by atoms with Crippen LogP contribution in [0.5, 0.6) is 5.75 Å². The van der Waals surface area contributed by atoms with Crippen molar-refractivity contribution in [3.8, 4) is 5.75 Å². The zero-order valence-electron chi connectivity index (χ0n) is 9.06. The summed E-state index contributed by atoms with van der Waals surface area (Å²) in [7, 11) is 1.52. The third-order valence-corrected chi connectivity index (χ3v) is 2.01. The second-order valence-electron chi connectivity index (χ2n) is 3.20. The SMILES string of the molecule is COc1cccc(/C=C(\C(C)=O)C(=O)O)c1. The molecule has 0 atom stereocenters. The molecule has 4 nitrogen and oxygen atoms in total. The van der Waals surface area contributed by atoms with Crippen LogP contribution >= 0.6 is 0 Å². The maximum atomic E-state index is 11.1. The van der Waals surface area contributed by atoms with Crippen LogP contribution in [-0.4, -0.2) is 24.0 Å². The maximum Gasteiger partial charge on any atom is 0.339 e. The lowest BCUT2D eigenvalue weighted by atomic mass is 10.1. The van der Waals surface area contributed by atoms with Gasteiger partial charge < -0.3 is 9.84 Å². The second-order valence-corrected chi connectivity index (χ2v) is 3.20. The van der Waals surface area contributed by atoms with E-state index in [1.165, 1.54) is 20.1 Å². The number of aliphatic carboxylic acids is 1. The zero-order chi connectivity index (χ0) is 12.1. The normalized spacial score (nSPS) is 11.0. The van der Waals surface area contributed by atoms with Crippen molar-refractivity contribution in [3.63, 3.8) is 0 Å². The summed E-state index contributed by atoms with van der Waals surface area (Å²) in [6, 6.07) is 6.83. The number of hydrogen-bond acceptors (Lipinski definition) is 3. The van der Waals surface area contributed by atoms with E-state index >= 15 is 0 Å². The first-order valence-corrected chi connectivity index (χ1v) is 4.64. The number of rotatable bonds is 4. The molecule has 0 aromatic heterocycles. The maximum absolute atomic E-state index is 11.1. The van der Waals surface area contributed by atoms with Crippen molar-refractivity contribution in [2.24, 2.45) is 0 Å². The van der Waals surface area contributed by atoms with Crippen molar-refractivity contribution in [1.29, 1.82) is 0 Å². The molecule has 0 fully saturated rings. The molecule has 0 amide bonds. The third kappa shape index (κ3) is 2.95. The predicted octanol–water partition coefficient (Wildman–Crippen LogP) is 1.75. The molecule has 0 spiro atoms. The third-order valence-electron chi connectivity index (χ3n) is 2.01. The van der Waals surface area contributed by atoms with E-state index in [-0.39, 0.29) is 5.57 Å². The standard InChI is InChI=1S/C12H12O4/c1-8(13)11(12(14)15)7-9-4-3-5-10(6-9)16-2/h3-7H,1-2H3,(H,14,15)/b11-7+. The van der Waals surface area contributed by atoms with Crippen LogP contribution in [0.3, 0.4) is 0 Å². The summed E-state index contributed by atoms with van der Waals surface area (Å²) in [6.07, 6.45) is 1.33. The average molecular weight is 220 g/mol. The highest BCUT2D eigenvalue weighted by molar-refractivity contribution is 6.19. The quantitative estimate of drug-likeness (QED) is 0.477. The van der Waals surface area contributed by atoms with Gasteiger partial charge in [-0.25, -0.2) is 4.79 Å². The average Bonchev–Trinajstić information content (AvgIpc) is 2.25. The number of benzene rings is 1. The number of hydrogen-bond donors (Lipinski definition) is 1. The minimum atomic E-state index is -1.23. The molecule has 1 rings (SSSR count). The van der Waals surface area contributed by atoms with E-state index in [9.17, 15) is 9.59 Å². The number of Topliss-reactive ketones (excluding diaryl/α,β-unsaturated/α-hetero) is 1. The lowest BCUT2D eigenvalue weighted by molar-refractivity contribution is -0.134. The van der Waals surface area contributed by atoms with Crippen molar-refractivity contribution in [1.82, 2.24) is 0 Å². The molecule has 16 heavy (non-hydrogen) atoms. The highest BCUT2D eigenvalue weighted by Crippen LogP contribution is 2.15. The van der Waals surface area contributed by atoms with Gasteiger partial charge in [0.15, 0.2) is 5.78 Å². The fourth-order valence-electron chi connectivity index (χ4n) is 1.21. The van der Waals surface area contributed by atoms with Crippen molar-refractivity contribution in [3.05, 3.63) is 35.4 Å². The van der Waals surface area contributed by atoms with Gasteiger partial charge in [0.1, 0.15) is 11.3 Å². The molecule has 1 aromatic rings. The van der Waals surface area contributed by atoms with Crippen LogP contribution in [0, 0.1) is 0 Å². The Morgan fingerprint density at radius 2 is 2.06 bits per heavy atom. The van der Waals surface area contributed by atoms with Crippen molar-refractivity contribution < 1.29 is 19.4 Å². The highest BCUT2D eigenvalue weighted by atomic mass is 16.5. The molecule has 0 radical (unpaired) electrons. The van der Waals surface area contributed by atoms with E-state index in [4.69, 9.17) is 9.84 Å². The van der Waals surface area contributed by atoms with Crippen LogP contribution in [0.4, 0.5) is 0 Å². The van der Waals surface area contributed by atoms with E-state index in [1.807, 2.05) is 0 Å². The molecule has 4 heteroatoms. The number of carbonyl (C=O) groups is 2. The van der Waals surface area contributed by atoms with E-state index in [2.05, 4.69) is 0 Å². The van der Waals surface area contributed by atoms with Gasteiger partial charge in [-0.05, 0) is 30.7 Å². The Hall–Kier alpha value is -2.10. The Kier molecular flexibility index (Phi) is 3.83. The summed E-state index contributed by atoms with van der Waals surface area (Å²) in [5.41, 5.74) is 0.375. The Morgan fingerprint density at radius 3 is 2.56 bits per heavy atom. The number of ketones is 1. The van der Waals surface area contributed by atoms with Crippen molar-refractivity contribution in [2.75, 3.05) is 7.11 Å². The lowest BCUT2D eigenvalue weighted by Gasteiger charge is -2.01. The molecule has 0 aliphatic rings. The first-order chi connectivity index (χ1) is 7.54. The summed E-state index contributed by atoms with van der Waals surface area (Å²) in [5, 5.41) is 8.81. The molecule has 84 valence electrons. The van der Waals surface area contributed by atoms with Crippen LogP contribution in [0.1, 0.15) is 12.5 Å². The largest absolute Gasteiger partial charge is 0.497 e. The molecule has 0 unspecified atom stereocenters. The number of carboxylic acids is 1. The van der Waals surface area contributed by atoms with Crippen molar-refractivity contribution >= 4 is 17.8 Å². The number of methoxy groups -OCH3 is 1. The van der Waals surface area contributed by atoms with Gasteiger partial charge in [-0.2, -0.15) is 0 Å². The van der Waals surface area contributed by atoms with Crippen LogP contribution in [-0.2, 0) is 9.59 Å². The summed E-state index contributed by atoms with van der Waals surface area (Å²) >= 11 is 0. The monoisotopic (exact) mass is 220 g/mol. The molecule has 0 heterocycles. The summed E-state index contributed by atoms with van der Waals surface area (Å²) in [5.74, 6) is -1.09. The number of ether oxygens (including phenoxy) is 1. The Balaban J connectivity index is 3.12. The van der Waals surface area contributed by atoms with Gasteiger partial charge in [0.05, 0.1) is 7.11 Å². The minimum Gasteiger partial charge on any atom is -0.497 e. The summed E-state index contributed by atoms with van der Waals surface area (Å²) < 4.78 is 5.00. The molecule has 0 aliphatic heterocycles. The first kappa shape index (κ1) is 12.0. The van der Waals surface area contributed by atoms with E-state index in [0.717, 1.165) is 0 Å². The summed E-state index contributed by atoms with van der Waals surface area (Å²) in [4.78, 5) is 21.8. The van der Waals surface area contributed by atoms with Gasteiger partial charge in [0, 0.05) is 0 Å². The predicted molar refractivity (Wildman–Crippen MR) is 59.3 cm³/mol. The van der Waals surface area contributed by atoms with Gasteiger partial charge in [0.25, 0.3) is 0 Å². The van der Waals surface area contributed by atoms with Gasteiger partial charge in [0.2, 0.25) is 0 Å². The Labute approximate surface area is 93.2 Å². The van der Waals surface area contributed by atoms with Crippen LogP contribution in [0.2, 0.25) is 0 Å². The molecular formula is C12H12O4. The van der Waals surface area contributed by atoms with Gasteiger partial charge >= 0.3 is 5.97 Å². The van der Waals surface area contributed by atoms with Crippen molar-refractivity contribution in [2.45, 2.75) is 6.92 Å². The van der Waals surface area contributed by atoms with Gasteiger partial charge in [-0.1, -0.05) is 12.1 Å². The van der Waals surface area contributed by atoms with Gasteiger partial charge in [-0.3, -0.25) is 4.79 Å². The molecule has 0 bridgehead atoms. The topological polar surface area (TPSA) is 63.6 Å². The molecular weight excluding hydrogens is 208 g/mol. The van der Waals surface area contributed by atoms with E-state index in [0.29, 0.717) is 11.3 Å². The zero-order valence-corrected chi connectivity index (χ0v) is 9.06. The van der Waals surface area contributed by atoms with E-state index < -0.39 is 11.8 Å². The minimum absolute atomic E-state index is 0.242. The molecule has 1 aromatic carbocycles. The van der Waals surface area contributed by atoms with Crippen LogP contribution < -0.4 is 4.74 Å². The van der Waals surface area contributed by atoms with Crippen LogP contribution in [0.15, 0.2) is 29.8 Å². The number of carboxylic acid groups (broad SMARTS) is 1. The highest BCUT2D eigenvalue weighted by Gasteiger charge is 2.12. The fraction of sp³-hybridized carbons (Fsp3) is 0.167. The second kappa shape index (κ2) is 5.11. The summed E-state index contributed by atoms with van der Waals surface area (Å²) in [6.45, 7) is 1.22. The molecule has 0 saturated heterocycles. The Bertz CT molecular complexity index is 430. The fourth-order valence-corrected chi connectivity index (χ4v) is 1.21. The molecule has 0 aliphatic carbocycles. The first-order valence-electron chi connectivity index (χ1n) is 4.64. The molecule has 1 N–H and O–H groups in total. The molecule has 0 saturated carbocycles. The number of carbonyl (C=O) groups excluding carboxylic acids is 1. The smallest absolute Gasteiger partial charge is 0.339 e. The van der Waals surface area contributed by atoms with E-state index in [1.54, 1.807) is 24.3 Å². The van der Waals surface area contributed by atoms with Gasteiger partial charge in [-0.15, -0.1) is 0 Å². The lowest BCUT2D eigenvalue weighted by Crippen LogP contribution is -2.08. The Morgan fingerprint density at radius 1 is 1.38 bits per heavy atom.